The molecule has 0 spiro atoms. The summed E-state index contributed by atoms with van der Waals surface area (Å²) in [6.07, 6.45) is 28.1. The molecule has 10 nitrogen and oxygen atoms in total. The van der Waals surface area contributed by atoms with Gasteiger partial charge in [0.2, 0.25) is 0 Å². The highest BCUT2D eigenvalue weighted by atomic mass is 32.3. The molecule has 500 valence electrons. The molecule has 8 aromatic carbocycles. The first-order valence-electron chi connectivity index (χ1n) is 29.6. The van der Waals surface area contributed by atoms with Crippen molar-refractivity contribution in [3.8, 4) is 0 Å². The predicted molar refractivity (Wildman–Crippen MR) is 347 cm³/mol. The van der Waals surface area contributed by atoms with Gasteiger partial charge in [0.05, 0.1) is 49.3 Å². The molecule has 0 N–H and O–H groups in total. The molecule has 0 aliphatic rings. The van der Waals surface area contributed by atoms with Crippen molar-refractivity contribution in [2.75, 3.05) is 37.0 Å². The first-order valence-corrected chi connectivity index (χ1v) is 40.4. The molecule has 90 heavy (non-hydrogen) atoms. The third kappa shape index (κ3) is 18.9. The van der Waals surface area contributed by atoms with Crippen LogP contribution >= 0.6 is 14.5 Å². The Labute approximate surface area is 521 Å². The van der Waals surface area contributed by atoms with E-state index in [0.29, 0.717) is 0 Å². The lowest BCUT2D eigenvalue weighted by Gasteiger charge is -2.29. The third-order valence-electron chi connectivity index (χ3n) is 15.7. The molecular formula is C62H76F12N2O8P2S4. The lowest BCUT2D eigenvalue weighted by atomic mass is 9.92. The van der Waals surface area contributed by atoms with Gasteiger partial charge in [0, 0.05) is 14.5 Å². The van der Waals surface area contributed by atoms with Crippen LogP contribution in [0.15, 0.2) is 109 Å². The van der Waals surface area contributed by atoms with Crippen LogP contribution in [0.3, 0.4) is 0 Å². The molecule has 0 atom stereocenters. The number of hydrogen-bond acceptors (Lipinski definition) is 8. The minimum absolute atomic E-state index is 0.778. The van der Waals surface area contributed by atoms with Crippen molar-refractivity contribution >= 4 is 119 Å². The first kappa shape index (κ1) is 76.3. The summed E-state index contributed by atoms with van der Waals surface area (Å²) in [5, 5.41) is 17.3. The van der Waals surface area contributed by atoms with Crippen molar-refractivity contribution in [2.24, 2.45) is 0 Å². The van der Waals surface area contributed by atoms with Crippen molar-refractivity contribution in [2.45, 2.75) is 153 Å². The molecule has 0 unspecified atom stereocenters. The smallest absolute Gasteiger partial charge is 0.421 e. The Morgan fingerprint density at radius 3 is 0.711 bits per heavy atom. The SMILES string of the molecule is CCCC[P+](CCCC)(CCCC)Cc1ccc2ccc3cccc4ccc1c2c34.CCCC[P+](CCCC)(CCCC)Cc1ccc2ccc3cccc4ccc1c2c34.O=S(=O)([N-]S(=O)(=O)C(F)(F)F)C(F)(F)F.O=S(=O)([N-]S(=O)(=O)C(F)(F)F)C(F)(F)F. The Kier molecular flexibility index (Phi) is 26.5. The molecule has 0 saturated heterocycles. The molecule has 28 heteroatoms. The van der Waals surface area contributed by atoms with Crippen LogP contribution in [0.5, 0.6) is 0 Å². The van der Waals surface area contributed by atoms with Gasteiger partial charge in [0.25, 0.3) is 0 Å². The minimum atomic E-state index is -6.72. The van der Waals surface area contributed by atoms with Crippen LogP contribution in [-0.2, 0) is 52.4 Å². The molecule has 0 fully saturated rings. The van der Waals surface area contributed by atoms with Gasteiger partial charge >= 0.3 is 22.0 Å². The molecule has 8 aromatic rings. The van der Waals surface area contributed by atoms with Crippen LogP contribution in [0.1, 0.15) is 130 Å². The van der Waals surface area contributed by atoms with E-state index in [1.54, 1.807) is 11.1 Å². The zero-order valence-corrected chi connectivity index (χ0v) is 55.8. The van der Waals surface area contributed by atoms with Crippen LogP contribution in [0, 0.1) is 0 Å². The molecule has 0 aromatic heterocycles. The lowest BCUT2D eigenvalue weighted by molar-refractivity contribution is -0.0456. The highest BCUT2D eigenvalue weighted by Gasteiger charge is 2.48. The number of halogens is 12. The Bertz CT molecular complexity index is 3690. The summed E-state index contributed by atoms with van der Waals surface area (Å²) in [4.78, 5) is 0. The van der Waals surface area contributed by atoms with E-state index in [1.165, 1.54) is 191 Å². The zero-order valence-electron chi connectivity index (χ0n) is 50.8. The monoisotopic (exact) mass is 1390 g/mol. The highest BCUT2D eigenvalue weighted by molar-refractivity contribution is 8.13. The molecule has 0 bridgehead atoms. The number of hydrogen-bond donors (Lipinski definition) is 0. The largest absolute Gasteiger partial charge is 0.480 e. The fourth-order valence-corrected chi connectivity index (χ4v) is 24.8. The summed E-state index contributed by atoms with van der Waals surface area (Å²) in [6.45, 7) is 14.2. The van der Waals surface area contributed by atoms with Crippen LogP contribution < -0.4 is 0 Å². The Morgan fingerprint density at radius 1 is 0.300 bits per heavy atom. The van der Waals surface area contributed by atoms with Gasteiger partial charge in [-0.3, -0.25) is 0 Å². The van der Waals surface area contributed by atoms with Crippen molar-refractivity contribution in [3.63, 3.8) is 0 Å². The van der Waals surface area contributed by atoms with E-state index in [9.17, 15) is 86.4 Å². The Hall–Kier alpha value is -4.42. The highest BCUT2D eigenvalue weighted by Crippen LogP contribution is 2.65. The number of nitrogens with zero attached hydrogens (tertiary/aromatic N) is 2. The summed E-state index contributed by atoms with van der Waals surface area (Å²) in [6, 6.07) is 42.0. The van der Waals surface area contributed by atoms with Crippen molar-refractivity contribution in [1.29, 1.82) is 0 Å². The Balaban J connectivity index is 0.000000231. The standard InChI is InChI=1S/2C29H38P.2C2F6NO4S2/c2*1-4-7-19-30(20-8-5-2,21-9-6-3)22-26-16-15-25-14-13-23-11-10-12-24-17-18-27(26)29(25)28(23)24;2*3-1(4,5)14(10,11)9-15(12,13)2(6,7)8/h2*10-18H,4-9,19-22H2,1-3H3;;/q2*+1;2*-1. The second-order valence-electron chi connectivity index (χ2n) is 22.5. The molecule has 0 radical (unpaired) electrons. The van der Waals surface area contributed by atoms with Crippen LogP contribution in [0.25, 0.3) is 72.9 Å². The maximum atomic E-state index is 11.4. The quantitative estimate of drug-likeness (QED) is 0.0294. The fraction of sp³-hybridized carbons (Fsp3) is 0.484. The topological polar surface area (TPSA) is 165 Å². The summed E-state index contributed by atoms with van der Waals surface area (Å²) >= 11 is 0. The van der Waals surface area contributed by atoms with Gasteiger partial charge in [-0.25, -0.2) is 33.7 Å². The average Bonchev–Trinajstić information content (AvgIpc) is 0.850. The number of sulfonamides is 4. The molecule has 0 aliphatic carbocycles. The van der Waals surface area contributed by atoms with Crippen LogP contribution in [-0.4, -0.2) is 92.7 Å². The first-order chi connectivity index (χ1) is 41.8. The van der Waals surface area contributed by atoms with Crippen molar-refractivity contribution in [3.05, 3.63) is 129 Å². The summed E-state index contributed by atoms with van der Waals surface area (Å²) in [5.74, 6) is 0. The van der Waals surface area contributed by atoms with E-state index < -0.39 is 76.7 Å². The molecule has 8 rings (SSSR count). The molecule has 0 aliphatic heterocycles. The molecule has 0 amide bonds. The van der Waals surface area contributed by atoms with E-state index in [1.807, 2.05) is 0 Å². The normalized spacial score (nSPS) is 13.4. The van der Waals surface area contributed by atoms with E-state index in [-0.39, 0.29) is 0 Å². The van der Waals surface area contributed by atoms with Crippen molar-refractivity contribution in [1.82, 2.24) is 0 Å². The second kappa shape index (κ2) is 31.2. The van der Waals surface area contributed by atoms with Gasteiger partial charge < -0.3 is 8.25 Å². The van der Waals surface area contributed by atoms with Gasteiger partial charge in [0.1, 0.15) is 0 Å². The van der Waals surface area contributed by atoms with Crippen LogP contribution in [0.2, 0.25) is 0 Å². The molecule has 0 heterocycles. The number of unbranched alkanes of at least 4 members (excludes halogenated alkanes) is 6. The van der Waals surface area contributed by atoms with E-state index in [0.717, 1.165) is 8.25 Å². The van der Waals surface area contributed by atoms with Gasteiger partial charge in [-0.15, -0.1) is 0 Å². The minimum Gasteiger partial charge on any atom is -0.421 e. The van der Waals surface area contributed by atoms with Gasteiger partial charge in [-0.2, -0.15) is 52.7 Å². The maximum absolute atomic E-state index is 11.4. The summed E-state index contributed by atoms with van der Waals surface area (Å²) in [7, 11) is -28.8. The fourth-order valence-electron chi connectivity index (χ4n) is 11.1. The van der Waals surface area contributed by atoms with E-state index in [4.69, 9.17) is 0 Å². The van der Waals surface area contributed by atoms with Gasteiger partial charge in [0.15, 0.2) is 40.1 Å². The molecular weight excluding hydrogens is 1320 g/mol. The summed E-state index contributed by atoms with van der Waals surface area (Å²) in [5.41, 5.74) is -21.6. The Morgan fingerprint density at radius 2 is 0.500 bits per heavy atom. The lowest BCUT2D eigenvalue weighted by Crippen LogP contribution is -2.30. The maximum Gasteiger partial charge on any atom is 0.480 e. The van der Waals surface area contributed by atoms with Crippen molar-refractivity contribution < 1.29 is 86.4 Å². The number of alkyl halides is 12. The third-order valence-corrected chi connectivity index (χ3v) is 30.8. The number of rotatable bonds is 26. The van der Waals surface area contributed by atoms with E-state index in [2.05, 4.69) is 151 Å². The van der Waals surface area contributed by atoms with Gasteiger partial charge in [-0.1, -0.05) is 189 Å². The zero-order chi connectivity index (χ0) is 67.4. The number of benzene rings is 8. The van der Waals surface area contributed by atoms with Crippen LogP contribution in [0.4, 0.5) is 52.7 Å². The van der Waals surface area contributed by atoms with E-state index >= 15 is 0 Å². The van der Waals surface area contributed by atoms with Gasteiger partial charge in [-0.05, 0) is 114 Å². The predicted octanol–water partition coefficient (Wildman–Crippen LogP) is 21.1. The molecule has 0 saturated carbocycles. The summed E-state index contributed by atoms with van der Waals surface area (Å²) < 4.78 is 218. The average molecular weight is 1400 g/mol. The second-order valence-corrected chi connectivity index (χ2v) is 38.0.